The fourth-order valence-electron chi connectivity index (χ4n) is 3.75. The quantitative estimate of drug-likeness (QED) is 0.295. The molecule has 198 valence electrons. The third-order valence-electron chi connectivity index (χ3n) is 5.86. The largest absolute Gasteiger partial charge is 0.486 e. The van der Waals surface area contributed by atoms with E-state index in [4.69, 9.17) is 9.15 Å². The molecule has 0 unspecified atom stereocenters. The van der Waals surface area contributed by atoms with Crippen molar-refractivity contribution in [3.63, 3.8) is 0 Å². The van der Waals surface area contributed by atoms with Crippen LogP contribution in [0, 0.1) is 11.6 Å². The number of thioether (sulfide) groups is 1. The van der Waals surface area contributed by atoms with Gasteiger partial charge in [0.2, 0.25) is 0 Å². The van der Waals surface area contributed by atoms with Gasteiger partial charge in [0, 0.05) is 18.0 Å². The van der Waals surface area contributed by atoms with Crippen molar-refractivity contribution < 1.29 is 32.6 Å². The Bertz CT molecular complexity index is 1210. The van der Waals surface area contributed by atoms with Crippen molar-refractivity contribution in [1.82, 2.24) is 9.80 Å². The molecule has 0 aliphatic rings. The van der Waals surface area contributed by atoms with Crippen LogP contribution in [0.25, 0.3) is 11.1 Å². The number of carbonyl (C=O) groups is 2. The number of aliphatic carboxylic acids is 1. The number of nitrogens with zero attached hydrogens (tertiary/aromatic N) is 2. The number of halogens is 2. The molecule has 10 heteroatoms. The Balaban J connectivity index is 1.64. The minimum absolute atomic E-state index is 0.0395. The van der Waals surface area contributed by atoms with E-state index >= 15 is 0 Å². The maximum absolute atomic E-state index is 13.8. The normalized spacial score (nSPS) is 11.1. The predicted molar refractivity (Wildman–Crippen MR) is 138 cm³/mol. The van der Waals surface area contributed by atoms with E-state index in [0.717, 1.165) is 13.1 Å². The number of hydrogen-bond donors (Lipinski definition) is 1. The lowest BCUT2D eigenvalue weighted by atomic mass is 10.1. The van der Waals surface area contributed by atoms with Gasteiger partial charge in [-0.1, -0.05) is 26.0 Å². The summed E-state index contributed by atoms with van der Waals surface area (Å²) in [5.41, 5.74) is 1.30. The van der Waals surface area contributed by atoms with Crippen LogP contribution in [0.15, 0.2) is 57.8 Å². The molecule has 7 nitrogen and oxygen atoms in total. The van der Waals surface area contributed by atoms with Crippen molar-refractivity contribution in [1.29, 1.82) is 0 Å². The molecule has 0 atom stereocenters. The lowest BCUT2D eigenvalue weighted by molar-refractivity contribution is -0.137. The second kappa shape index (κ2) is 13.3. The number of hydrogen-bond acceptors (Lipinski definition) is 6. The van der Waals surface area contributed by atoms with Crippen LogP contribution in [-0.2, 0) is 11.4 Å². The molecule has 0 aliphatic carbocycles. The molecular formula is C27H30F2N2O5S. The van der Waals surface area contributed by atoms with Gasteiger partial charge in [-0.3, -0.25) is 9.59 Å². The minimum atomic E-state index is -1.10. The molecule has 37 heavy (non-hydrogen) atoms. The Morgan fingerprint density at radius 3 is 2.30 bits per heavy atom. The van der Waals surface area contributed by atoms with Crippen LogP contribution in [0.2, 0.25) is 0 Å². The van der Waals surface area contributed by atoms with Gasteiger partial charge < -0.3 is 24.1 Å². The maximum atomic E-state index is 13.8. The van der Waals surface area contributed by atoms with Gasteiger partial charge in [0.1, 0.15) is 24.7 Å². The average molecular weight is 533 g/mol. The summed E-state index contributed by atoms with van der Waals surface area (Å²) >= 11 is 1.32. The van der Waals surface area contributed by atoms with Gasteiger partial charge in [-0.2, -0.15) is 0 Å². The lowest BCUT2D eigenvalue weighted by Crippen LogP contribution is -2.41. The van der Waals surface area contributed by atoms with Crippen LogP contribution in [0.5, 0.6) is 5.75 Å². The summed E-state index contributed by atoms with van der Waals surface area (Å²) in [4.78, 5) is 28.1. The molecule has 0 saturated carbocycles. The Morgan fingerprint density at radius 2 is 1.68 bits per heavy atom. The molecule has 0 bridgehead atoms. The van der Waals surface area contributed by atoms with E-state index in [9.17, 15) is 23.5 Å². The first kappa shape index (κ1) is 28.2. The smallest absolute Gasteiger partial charge is 0.323 e. The van der Waals surface area contributed by atoms with Crippen LogP contribution in [0.4, 0.5) is 8.78 Å². The molecule has 0 radical (unpaired) electrons. The van der Waals surface area contributed by atoms with E-state index in [1.165, 1.54) is 34.9 Å². The first-order valence-electron chi connectivity index (χ1n) is 11.8. The number of carboxylic acids is 1. The second-order valence-electron chi connectivity index (χ2n) is 8.19. The van der Waals surface area contributed by atoms with E-state index in [2.05, 4.69) is 4.90 Å². The Morgan fingerprint density at radius 1 is 1.00 bits per heavy atom. The van der Waals surface area contributed by atoms with E-state index in [1.807, 2.05) is 13.8 Å². The van der Waals surface area contributed by atoms with Gasteiger partial charge in [0.05, 0.1) is 0 Å². The monoisotopic (exact) mass is 532 g/mol. The van der Waals surface area contributed by atoms with Gasteiger partial charge in [-0.25, -0.2) is 8.78 Å². The number of rotatable bonds is 13. The SMILES string of the molecule is CCN(CC)CCN(CC(=O)O)C(=O)c1ccc(COc2ccc(-c3cc(F)c(F)cc3SC)cc2)o1. The van der Waals surface area contributed by atoms with Crippen molar-refractivity contribution in [2.75, 3.05) is 39.0 Å². The number of amides is 1. The fraction of sp³-hybridized carbons (Fsp3) is 0.333. The van der Waals surface area contributed by atoms with Gasteiger partial charge in [-0.05, 0) is 66.9 Å². The van der Waals surface area contributed by atoms with E-state index in [-0.39, 0.29) is 18.9 Å². The van der Waals surface area contributed by atoms with Gasteiger partial charge in [0.15, 0.2) is 17.4 Å². The minimum Gasteiger partial charge on any atom is -0.486 e. The van der Waals surface area contributed by atoms with Crippen LogP contribution >= 0.6 is 11.8 Å². The first-order chi connectivity index (χ1) is 17.7. The van der Waals surface area contributed by atoms with Crippen molar-refractivity contribution in [3.05, 3.63) is 71.7 Å². The molecule has 1 amide bonds. The predicted octanol–water partition coefficient (Wildman–Crippen LogP) is 5.39. The van der Waals surface area contributed by atoms with Crippen molar-refractivity contribution in [2.45, 2.75) is 25.3 Å². The molecule has 1 N–H and O–H groups in total. The summed E-state index contributed by atoms with van der Waals surface area (Å²) in [6.07, 6.45) is 1.79. The zero-order chi connectivity index (χ0) is 26.9. The molecule has 2 aromatic carbocycles. The highest BCUT2D eigenvalue weighted by Gasteiger charge is 2.22. The standard InChI is InChI=1S/C27H30F2N2O5S/c1-4-30(5-2)12-13-31(16-26(32)33)27(34)24-11-10-20(36-24)17-35-19-8-6-18(7-9-19)21-14-22(28)23(29)15-25(21)37-3/h6-11,14-15H,4-5,12-13,16-17H2,1-3H3,(H,32,33). The number of carboxylic acid groups (broad SMARTS) is 1. The fourth-order valence-corrected chi connectivity index (χ4v) is 4.37. The van der Waals surface area contributed by atoms with Crippen LogP contribution in [0.3, 0.4) is 0 Å². The highest BCUT2D eigenvalue weighted by atomic mass is 32.2. The van der Waals surface area contributed by atoms with Gasteiger partial charge >= 0.3 is 5.97 Å². The summed E-state index contributed by atoms with van der Waals surface area (Å²) in [6.45, 7) is 6.06. The highest BCUT2D eigenvalue weighted by molar-refractivity contribution is 7.98. The maximum Gasteiger partial charge on any atom is 0.323 e. The first-order valence-corrected chi connectivity index (χ1v) is 13.1. The van der Waals surface area contributed by atoms with Crippen molar-refractivity contribution >= 4 is 23.6 Å². The Hall–Kier alpha value is -3.37. The average Bonchev–Trinajstić information content (AvgIpc) is 3.37. The number of likely N-dealkylation sites (N-methyl/N-ethyl adjacent to an activating group) is 1. The van der Waals surface area contributed by atoms with Crippen molar-refractivity contribution in [2.24, 2.45) is 0 Å². The number of ether oxygens (including phenoxy) is 1. The highest BCUT2D eigenvalue weighted by Crippen LogP contribution is 2.33. The van der Waals surface area contributed by atoms with E-state index in [0.29, 0.717) is 34.1 Å². The number of carbonyl (C=O) groups excluding carboxylic acids is 1. The van der Waals surface area contributed by atoms with Gasteiger partial charge in [0.25, 0.3) is 5.91 Å². The topological polar surface area (TPSA) is 83.2 Å². The lowest BCUT2D eigenvalue weighted by Gasteiger charge is -2.24. The Kier molecular flexibility index (Phi) is 10.1. The molecule has 0 spiro atoms. The molecule has 0 fully saturated rings. The van der Waals surface area contributed by atoms with Crippen molar-refractivity contribution in [3.8, 4) is 16.9 Å². The molecule has 1 aromatic heterocycles. The summed E-state index contributed by atoms with van der Waals surface area (Å²) < 4.78 is 38.7. The molecule has 1 heterocycles. The van der Waals surface area contributed by atoms with Crippen LogP contribution in [-0.4, -0.2) is 65.8 Å². The second-order valence-corrected chi connectivity index (χ2v) is 9.04. The zero-order valence-corrected chi connectivity index (χ0v) is 21.8. The summed E-state index contributed by atoms with van der Waals surface area (Å²) in [6, 6.07) is 12.4. The molecular weight excluding hydrogens is 502 g/mol. The summed E-state index contributed by atoms with van der Waals surface area (Å²) in [7, 11) is 0. The van der Waals surface area contributed by atoms with Gasteiger partial charge in [-0.15, -0.1) is 11.8 Å². The van der Waals surface area contributed by atoms with Crippen LogP contribution in [0.1, 0.15) is 30.2 Å². The third-order valence-corrected chi connectivity index (χ3v) is 6.63. The summed E-state index contributed by atoms with van der Waals surface area (Å²) in [5.74, 6) is -2.44. The molecule has 3 aromatic rings. The number of benzene rings is 2. The third kappa shape index (κ3) is 7.56. The van der Waals surface area contributed by atoms with E-state index < -0.39 is 30.1 Å². The molecule has 3 rings (SSSR count). The molecule has 0 aliphatic heterocycles. The number of furan rings is 1. The van der Waals surface area contributed by atoms with E-state index in [1.54, 1.807) is 36.6 Å². The Labute approximate surface area is 219 Å². The molecule has 0 saturated heterocycles. The zero-order valence-electron chi connectivity index (χ0n) is 21.0. The summed E-state index contributed by atoms with van der Waals surface area (Å²) in [5, 5.41) is 9.23. The van der Waals surface area contributed by atoms with Crippen LogP contribution < -0.4 is 4.74 Å².